The third-order valence-corrected chi connectivity index (χ3v) is 3.82. The van der Waals surface area contributed by atoms with E-state index in [0.717, 1.165) is 22.0 Å². The van der Waals surface area contributed by atoms with Gasteiger partial charge in [0.25, 0.3) is 5.91 Å². The van der Waals surface area contributed by atoms with Gasteiger partial charge in [0.2, 0.25) is 0 Å². The average Bonchev–Trinajstić information content (AvgIpc) is 3.06. The predicted molar refractivity (Wildman–Crippen MR) is 93.7 cm³/mol. The first-order valence-electron chi connectivity index (χ1n) is 7.56. The van der Waals surface area contributed by atoms with Gasteiger partial charge in [0.1, 0.15) is 0 Å². The molecule has 0 aliphatic carbocycles. The largest absolute Gasteiger partial charge is 0.320 e. The molecule has 0 aliphatic rings. The Hall–Kier alpha value is -3.47. The molecule has 5 nitrogen and oxygen atoms in total. The van der Waals surface area contributed by atoms with E-state index in [4.69, 9.17) is 0 Å². The monoisotopic (exact) mass is 314 g/mol. The molecule has 2 heterocycles. The highest BCUT2D eigenvalue weighted by atomic mass is 16.1. The summed E-state index contributed by atoms with van der Waals surface area (Å²) in [4.78, 5) is 16.5. The van der Waals surface area contributed by atoms with Crippen LogP contribution in [0.2, 0.25) is 0 Å². The number of aromatic amines is 1. The van der Waals surface area contributed by atoms with E-state index in [1.165, 1.54) is 0 Å². The van der Waals surface area contributed by atoms with Gasteiger partial charge in [-0.25, -0.2) is 0 Å². The molecule has 0 saturated heterocycles. The molecular formula is C19H14N4O. The molecule has 4 aromatic rings. The molecule has 0 spiro atoms. The van der Waals surface area contributed by atoms with Crippen LogP contribution in [0.1, 0.15) is 10.5 Å². The summed E-state index contributed by atoms with van der Waals surface area (Å²) in [6.07, 6.45) is 3.26. The molecule has 2 aromatic heterocycles. The molecule has 0 bridgehead atoms. The second kappa shape index (κ2) is 5.96. The van der Waals surface area contributed by atoms with E-state index in [1.54, 1.807) is 24.5 Å². The molecule has 0 saturated carbocycles. The minimum atomic E-state index is -0.252. The Kier molecular flexibility index (Phi) is 3.51. The summed E-state index contributed by atoms with van der Waals surface area (Å²) in [7, 11) is 0. The Morgan fingerprint density at radius 2 is 1.71 bits per heavy atom. The van der Waals surface area contributed by atoms with E-state index in [0.29, 0.717) is 11.4 Å². The van der Waals surface area contributed by atoms with E-state index in [2.05, 4.69) is 20.5 Å². The summed E-state index contributed by atoms with van der Waals surface area (Å²) in [5.74, 6) is -0.252. The van der Waals surface area contributed by atoms with Gasteiger partial charge in [-0.05, 0) is 35.4 Å². The zero-order chi connectivity index (χ0) is 16.4. The first kappa shape index (κ1) is 14.1. The van der Waals surface area contributed by atoms with Gasteiger partial charge in [-0.2, -0.15) is 5.10 Å². The molecule has 116 valence electrons. The maximum absolute atomic E-state index is 12.5. The minimum Gasteiger partial charge on any atom is -0.320 e. The van der Waals surface area contributed by atoms with Crippen molar-refractivity contribution in [3.8, 4) is 11.1 Å². The summed E-state index contributed by atoms with van der Waals surface area (Å²) in [5, 5.41) is 10.7. The standard InChI is InChI=1S/C19H14N4O/c24-19(21-15-8-10-20-11-9-15)18-16-12-14(6-7-17(16)22-23-18)13-4-2-1-3-5-13/h1-12H,(H,22,23)(H,20,21,24). The number of H-pyrrole nitrogens is 1. The van der Waals surface area contributed by atoms with Crippen LogP contribution in [0.3, 0.4) is 0 Å². The molecular weight excluding hydrogens is 300 g/mol. The lowest BCUT2D eigenvalue weighted by atomic mass is 10.0. The summed E-state index contributed by atoms with van der Waals surface area (Å²) in [5.41, 5.74) is 4.03. The van der Waals surface area contributed by atoms with Gasteiger partial charge in [-0.3, -0.25) is 14.9 Å². The van der Waals surface area contributed by atoms with E-state index >= 15 is 0 Å². The number of nitrogens with zero attached hydrogens (tertiary/aromatic N) is 2. The van der Waals surface area contributed by atoms with Crippen LogP contribution in [-0.2, 0) is 0 Å². The van der Waals surface area contributed by atoms with Crippen molar-refractivity contribution in [2.24, 2.45) is 0 Å². The first-order chi connectivity index (χ1) is 11.8. The fourth-order valence-electron chi connectivity index (χ4n) is 2.62. The van der Waals surface area contributed by atoms with E-state index in [-0.39, 0.29) is 5.91 Å². The van der Waals surface area contributed by atoms with Crippen LogP contribution in [0.5, 0.6) is 0 Å². The van der Waals surface area contributed by atoms with Gasteiger partial charge in [0.05, 0.1) is 5.52 Å². The number of hydrogen-bond acceptors (Lipinski definition) is 3. The number of pyridine rings is 1. The molecule has 4 rings (SSSR count). The zero-order valence-corrected chi connectivity index (χ0v) is 12.7. The van der Waals surface area contributed by atoms with Crippen LogP contribution in [-0.4, -0.2) is 21.1 Å². The van der Waals surface area contributed by atoms with Crippen molar-refractivity contribution in [2.45, 2.75) is 0 Å². The normalized spacial score (nSPS) is 10.7. The maximum atomic E-state index is 12.5. The highest BCUT2D eigenvalue weighted by Crippen LogP contribution is 2.25. The molecule has 0 aliphatic heterocycles. The number of rotatable bonds is 3. The van der Waals surface area contributed by atoms with Gasteiger partial charge in [-0.1, -0.05) is 36.4 Å². The van der Waals surface area contributed by atoms with Crippen molar-refractivity contribution in [3.05, 3.63) is 78.8 Å². The van der Waals surface area contributed by atoms with Gasteiger partial charge in [0, 0.05) is 23.5 Å². The van der Waals surface area contributed by atoms with Crippen LogP contribution in [0, 0.1) is 0 Å². The van der Waals surface area contributed by atoms with Gasteiger partial charge in [0.15, 0.2) is 5.69 Å². The summed E-state index contributed by atoms with van der Waals surface area (Å²) >= 11 is 0. The lowest BCUT2D eigenvalue weighted by Crippen LogP contribution is -2.12. The number of fused-ring (bicyclic) bond motifs is 1. The highest BCUT2D eigenvalue weighted by molar-refractivity contribution is 6.11. The fraction of sp³-hybridized carbons (Fsp3) is 0. The van der Waals surface area contributed by atoms with Crippen molar-refractivity contribution < 1.29 is 4.79 Å². The van der Waals surface area contributed by atoms with Gasteiger partial charge < -0.3 is 5.32 Å². The molecule has 2 aromatic carbocycles. The number of anilines is 1. The van der Waals surface area contributed by atoms with Crippen LogP contribution in [0.4, 0.5) is 5.69 Å². The molecule has 5 heteroatoms. The SMILES string of the molecule is O=C(Nc1ccncc1)c1n[nH]c2ccc(-c3ccccc3)cc12. The smallest absolute Gasteiger partial charge is 0.276 e. The quantitative estimate of drug-likeness (QED) is 0.603. The zero-order valence-electron chi connectivity index (χ0n) is 12.7. The van der Waals surface area contributed by atoms with Crippen molar-refractivity contribution in [3.63, 3.8) is 0 Å². The molecule has 0 atom stereocenters. The van der Waals surface area contributed by atoms with E-state index in [1.807, 2.05) is 48.5 Å². The summed E-state index contributed by atoms with van der Waals surface area (Å²) in [6.45, 7) is 0. The van der Waals surface area contributed by atoms with Gasteiger partial charge >= 0.3 is 0 Å². The van der Waals surface area contributed by atoms with Crippen LogP contribution in [0.15, 0.2) is 73.1 Å². The Balaban J connectivity index is 1.72. The fourth-order valence-corrected chi connectivity index (χ4v) is 2.62. The van der Waals surface area contributed by atoms with Gasteiger partial charge in [-0.15, -0.1) is 0 Å². The second-order valence-electron chi connectivity index (χ2n) is 5.39. The van der Waals surface area contributed by atoms with Crippen molar-refractivity contribution >= 4 is 22.5 Å². The Morgan fingerprint density at radius 1 is 0.917 bits per heavy atom. The van der Waals surface area contributed by atoms with E-state index in [9.17, 15) is 4.79 Å². The van der Waals surface area contributed by atoms with Crippen molar-refractivity contribution in [1.29, 1.82) is 0 Å². The minimum absolute atomic E-state index is 0.252. The Bertz CT molecular complexity index is 994. The molecule has 0 fully saturated rings. The average molecular weight is 314 g/mol. The Morgan fingerprint density at radius 3 is 2.50 bits per heavy atom. The number of carbonyl (C=O) groups is 1. The Labute approximate surface area is 138 Å². The number of benzene rings is 2. The topological polar surface area (TPSA) is 70.7 Å². The summed E-state index contributed by atoms with van der Waals surface area (Å²) in [6, 6.07) is 19.5. The van der Waals surface area contributed by atoms with Crippen molar-refractivity contribution in [1.82, 2.24) is 15.2 Å². The van der Waals surface area contributed by atoms with Crippen LogP contribution < -0.4 is 5.32 Å². The lowest BCUT2D eigenvalue weighted by Gasteiger charge is -2.04. The lowest BCUT2D eigenvalue weighted by molar-refractivity contribution is 0.102. The third-order valence-electron chi connectivity index (χ3n) is 3.82. The summed E-state index contributed by atoms with van der Waals surface area (Å²) < 4.78 is 0. The first-order valence-corrected chi connectivity index (χ1v) is 7.56. The second-order valence-corrected chi connectivity index (χ2v) is 5.39. The molecule has 2 N–H and O–H groups in total. The maximum Gasteiger partial charge on any atom is 0.276 e. The number of nitrogens with one attached hydrogen (secondary N) is 2. The molecule has 0 unspecified atom stereocenters. The number of amides is 1. The molecule has 24 heavy (non-hydrogen) atoms. The number of aromatic nitrogens is 3. The highest BCUT2D eigenvalue weighted by Gasteiger charge is 2.15. The van der Waals surface area contributed by atoms with E-state index < -0.39 is 0 Å². The predicted octanol–water partition coefficient (Wildman–Crippen LogP) is 3.88. The van der Waals surface area contributed by atoms with Crippen molar-refractivity contribution in [2.75, 3.05) is 5.32 Å². The third kappa shape index (κ3) is 2.63. The number of hydrogen-bond donors (Lipinski definition) is 2. The molecule has 1 amide bonds. The van der Waals surface area contributed by atoms with Crippen LogP contribution >= 0.6 is 0 Å². The molecule has 0 radical (unpaired) electrons. The number of carbonyl (C=O) groups excluding carboxylic acids is 1. The van der Waals surface area contributed by atoms with Crippen LogP contribution in [0.25, 0.3) is 22.0 Å².